The predicted octanol–water partition coefficient (Wildman–Crippen LogP) is 4.05. The molecule has 0 aliphatic heterocycles. The van der Waals surface area contributed by atoms with Crippen LogP contribution in [-0.4, -0.2) is 13.1 Å². The summed E-state index contributed by atoms with van der Waals surface area (Å²) in [6, 6.07) is 10.1. The fraction of sp³-hybridized carbons (Fsp3) is 0.133. The molecule has 110 valence electrons. The van der Waals surface area contributed by atoms with Crippen LogP contribution in [0, 0.1) is 0 Å². The van der Waals surface area contributed by atoms with E-state index in [1.807, 2.05) is 12.1 Å². The van der Waals surface area contributed by atoms with Crippen LogP contribution in [0.15, 0.2) is 40.9 Å². The number of benzene rings is 2. The highest BCUT2D eigenvalue weighted by atomic mass is 79.9. The fourth-order valence-corrected chi connectivity index (χ4v) is 2.49. The van der Waals surface area contributed by atoms with Crippen molar-refractivity contribution in [3.05, 3.63) is 57.0 Å². The Hall–Kier alpha value is -1.72. The summed E-state index contributed by atoms with van der Waals surface area (Å²) < 4.78 is 11.2. The minimum Gasteiger partial charge on any atom is -0.496 e. The zero-order valence-electron chi connectivity index (χ0n) is 11.2. The van der Waals surface area contributed by atoms with Crippen LogP contribution in [0.4, 0.5) is 5.69 Å². The number of halogens is 2. The third-order valence-electron chi connectivity index (χ3n) is 2.82. The quantitative estimate of drug-likeness (QED) is 0.651. The van der Waals surface area contributed by atoms with Crippen LogP contribution in [0.2, 0.25) is 5.02 Å². The number of ether oxygens (including phenoxy) is 2. The van der Waals surface area contributed by atoms with Gasteiger partial charge in [0.2, 0.25) is 0 Å². The van der Waals surface area contributed by atoms with E-state index in [4.69, 9.17) is 26.8 Å². The monoisotopic (exact) mass is 369 g/mol. The number of esters is 1. The molecule has 0 spiro atoms. The Bertz CT molecular complexity index is 676. The first-order valence-corrected chi connectivity index (χ1v) is 7.23. The number of anilines is 1. The van der Waals surface area contributed by atoms with Crippen LogP contribution in [0.3, 0.4) is 0 Å². The number of hydrogen-bond donors (Lipinski definition) is 1. The SMILES string of the molecule is COc1ccc(COC(=O)c2cc(Cl)ccc2N)cc1Br. The predicted molar refractivity (Wildman–Crippen MR) is 85.7 cm³/mol. The van der Waals surface area contributed by atoms with Crippen LogP contribution >= 0.6 is 27.5 Å². The van der Waals surface area contributed by atoms with E-state index in [2.05, 4.69) is 15.9 Å². The van der Waals surface area contributed by atoms with Gasteiger partial charge in [-0.1, -0.05) is 17.7 Å². The van der Waals surface area contributed by atoms with Crippen molar-refractivity contribution in [1.82, 2.24) is 0 Å². The van der Waals surface area contributed by atoms with Crippen LogP contribution in [0.5, 0.6) is 5.75 Å². The molecule has 0 radical (unpaired) electrons. The maximum Gasteiger partial charge on any atom is 0.340 e. The summed E-state index contributed by atoms with van der Waals surface area (Å²) in [5.41, 5.74) is 7.16. The molecule has 0 aliphatic rings. The smallest absolute Gasteiger partial charge is 0.340 e. The molecule has 4 nitrogen and oxygen atoms in total. The molecule has 0 aliphatic carbocycles. The highest BCUT2D eigenvalue weighted by Gasteiger charge is 2.12. The Morgan fingerprint density at radius 2 is 2.05 bits per heavy atom. The van der Waals surface area contributed by atoms with Crippen molar-refractivity contribution in [3.63, 3.8) is 0 Å². The second kappa shape index (κ2) is 6.83. The molecule has 2 N–H and O–H groups in total. The minimum atomic E-state index is -0.512. The van der Waals surface area contributed by atoms with Gasteiger partial charge in [0, 0.05) is 10.7 Å². The average molecular weight is 371 g/mol. The molecule has 0 heterocycles. The number of nitrogens with two attached hydrogens (primary N) is 1. The molecule has 0 fully saturated rings. The maximum atomic E-state index is 12.0. The van der Waals surface area contributed by atoms with Gasteiger partial charge >= 0.3 is 5.97 Å². The van der Waals surface area contributed by atoms with E-state index in [-0.39, 0.29) is 12.2 Å². The molecule has 0 saturated carbocycles. The van der Waals surface area contributed by atoms with Crippen molar-refractivity contribution in [2.75, 3.05) is 12.8 Å². The Morgan fingerprint density at radius 1 is 1.29 bits per heavy atom. The van der Waals surface area contributed by atoms with Gasteiger partial charge in [0.1, 0.15) is 12.4 Å². The average Bonchev–Trinajstić information content (AvgIpc) is 2.47. The van der Waals surface area contributed by atoms with E-state index in [0.29, 0.717) is 16.5 Å². The van der Waals surface area contributed by atoms with Crippen LogP contribution in [-0.2, 0) is 11.3 Å². The van der Waals surface area contributed by atoms with E-state index in [9.17, 15) is 4.79 Å². The van der Waals surface area contributed by atoms with Gasteiger partial charge in [-0.05, 0) is 51.8 Å². The second-order valence-electron chi connectivity index (χ2n) is 4.28. The zero-order chi connectivity index (χ0) is 15.4. The summed E-state index contributed by atoms with van der Waals surface area (Å²) >= 11 is 9.23. The largest absolute Gasteiger partial charge is 0.496 e. The van der Waals surface area contributed by atoms with Gasteiger partial charge in [-0.3, -0.25) is 0 Å². The molecule has 0 bridgehead atoms. The highest BCUT2D eigenvalue weighted by molar-refractivity contribution is 9.10. The first kappa shape index (κ1) is 15.7. The number of methoxy groups -OCH3 is 1. The third-order valence-corrected chi connectivity index (χ3v) is 3.68. The summed E-state index contributed by atoms with van der Waals surface area (Å²) in [5.74, 6) is 0.200. The van der Waals surface area contributed by atoms with E-state index in [1.54, 1.807) is 25.3 Å². The topological polar surface area (TPSA) is 61.5 Å². The molecule has 0 atom stereocenters. The summed E-state index contributed by atoms with van der Waals surface area (Å²) in [6.07, 6.45) is 0. The Morgan fingerprint density at radius 3 is 2.71 bits per heavy atom. The molecule has 0 unspecified atom stereocenters. The number of hydrogen-bond acceptors (Lipinski definition) is 4. The van der Waals surface area contributed by atoms with Gasteiger partial charge in [0.15, 0.2) is 0 Å². The zero-order valence-corrected chi connectivity index (χ0v) is 13.6. The summed E-state index contributed by atoms with van der Waals surface area (Å²) in [7, 11) is 1.59. The number of carbonyl (C=O) groups is 1. The lowest BCUT2D eigenvalue weighted by molar-refractivity contribution is 0.0474. The van der Waals surface area contributed by atoms with Crippen molar-refractivity contribution >= 4 is 39.2 Å². The molecule has 2 aromatic rings. The maximum absolute atomic E-state index is 12.0. The van der Waals surface area contributed by atoms with Crippen molar-refractivity contribution in [2.24, 2.45) is 0 Å². The van der Waals surface area contributed by atoms with Crippen molar-refractivity contribution in [2.45, 2.75) is 6.61 Å². The van der Waals surface area contributed by atoms with Gasteiger partial charge in [-0.2, -0.15) is 0 Å². The van der Waals surface area contributed by atoms with Crippen LogP contribution < -0.4 is 10.5 Å². The molecule has 0 aromatic heterocycles. The molecule has 21 heavy (non-hydrogen) atoms. The molecule has 0 saturated heterocycles. The first-order valence-electron chi connectivity index (χ1n) is 6.06. The third kappa shape index (κ3) is 3.89. The molecule has 0 amide bonds. The van der Waals surface area contributed by atoms with E-state index < -0.39 is 5.97 Å². The van der Waals surface area contributed by atoms with E-state index >= 15 is 0 Å². The van der Waals surface area contributed by atoms with Gasteiger partial charge in [-0.15, -0.1) is 0 Å². The van der Waals surface area contributed by atoms with Crippen molar-refractivity contribution in [1.29, 1.82) is 0 Å². The summed E-state index contributed by atoms with van der Waals surface area (Å²) in [4.78, 5) is 12.0. The molecular formula is C15H13BrClNO3. The second-order valence-corrected chi connectivity index (χ2v) is 5.57. The van der Waals surface area contributed by atoms with Crippen LogP contribution in [0.1, 0.15) is 15.9 Å². The van der Waals surface area contributed by atoms with E-state index in [1.165, 1.54) is 6.07 Å². The number of rotatable bonds is 4. The Labute approximate surface area is 135 Å². The van der Waals surface area contributed by atoms with Gasteiger partial charge in [0.05, 0.1) is 17.1 Å². The number of carbonyl (C=O) groups excluding carboxylic acids is 1. The van der Waals surface area contributed by atoms with E-state index in [0.717, 1.165) is 10.0 Å². The standard InChI is InChI=1S/C15H13BrClNO3/c1-20-14-5-2-9(6-12(14)16)8-21-15(19)11-7-10(17)3-4-13(11)18/h2-7H,8,18H2,1H3. The Balaban J connectivity index is 2.07. The van der Waals surface area contributed by atoms with Crippen molar-refractivity contribution in [3.8, 4) is 5.75 Å². The fourth-order valence-electron chi connectivity index (χ4n) is 1.73. The summed E-state index contributed by atoms with van der Waals surface area (Å²) in [5, 5.41) is 0.434. The van der Waals surface area contributed by atoms with Crippen LogP contribution in [0.25, 0.3) is 0 Å². The Kier molecular flexibility index (Phi) is 5.09. The normalized spacial score (nSPS) is 10.2. The molecule has 2 aromatic carbocycles. The van der Waals surface area contributed by atoms with Gasteiger partial charge in [-0.25, -0.2) is 4.79 Å². The van der Waals surface area contributed by atoms with Gasteiger partial charge in [0.25, 0.3) is 0 Å². The molecule has 2 rings (SSSR count). The van der Waals surface area contributed by atoms with Crippen molar-refractivity contribution < 1.29 is 14.3 Å². The molecular weight excluding hydrogens is 358 g/mol. The lowest BCUT2D eigenvalue weighted by Crippen LogP contribution is -2.08. The highest BCUT2D eigenvalue weighted by Crippen LogP contribution is 2.26. The lowest BCUT2D eigenvalue weighted by atomic mass is 10.2. The van der Waals surface area contributed by atoms with Gasteiger partial charge < -0.3 is 15.2 Å². The molecule has 6 heteroatoms. The first-order chi connectivity index (χ1) is 10.0. The minimum absolute atomic E-state index is 0.132. The summed E-state index contributed by atoms with van der Waals surface area (Å²) in [6.45, 7) is 0.132. The number of nitrogen functional groups attached to an aromatic ring is 1. The lowest BCUT2D eigenvalue weighted by Gasteiger charge is -2.09.